The average Bonchev–Trinajstić information content (AvgIpc) is 2.40. The van der Waals surface area contributed by atoms with Gasteiger partial charge in [-0.05, 0) is 23.8 Å². The van der Waals surface area contributed by atoms with Crippen LogP contribution in [0.15, 0.2) is 48.5 Å². The van der Waals surface area contributed by atoms with Gasteiger partial charge in [0.05, 0.1) is 18.6 Å². The zero-order valence-corrected chi connectivity index (χ0v) is 10.8. The number of rotatable bonds is 3. The fraction of sp³-hybridized carbons (Fsp3) is 0.250. The first-order valence-corrected chi connectivity index (χ1v) is 6.37. The quantitative estimate of drug-likeness (QED) is 0.911. The third kappa shape index (κ3) is 1.90. The highest BCUT2D eigenvalue weighted by Crippen LogP contribution is 2.40. The minimum Gasteiger partial charge on any atom is -0.388 e. The highest BCUT2D eigenvalue weighted by Gasteiger charge is 2.43. The number of hydrogen-bond acceptors (Lipinski definition) is 2. The summed E-state index contributed by atoms with van der Waals surface area (Å²) in [5.41, 5.74) is 2.53. The molecule has 3 heteroatoms. The summed E-state index contributed by atoms with van der Waals surface area (Å²) in [6.45, 7) is 1.07. The van der Waals surface area contributed by atoms with Gasteiger partial charge in [0, 0.05) is 18.3 Å². The number of benzene rings is 2. The molecule has 0 atom stereocenters. The minimum atomic E-state index is -0.336. The lowest BCUT2D eigenvalue weighted by Gasteiger charge is -2.42. The SMILES string of the molecule is CNc1ccc(C2(c3ccccc3F)COC2)cc1. The summed E-state index contributed by atoms with van der Waals surface area (Å²) >= 11 is 0. The van der Waals surface area contributed by atoms with Gasteiger partial charge in [-0.2, -0.15) is 0 Å². The Morgan fingerprint density at radius 3 is 2.26 bits per heavy atom. The Morgan fingerprint density at radius 1 is 1.05 bits per heavy atom. The average molecular weight is 257 g/mol. The number of nitrogens with one attached hydrogen (secondary N) is 1. The van der Waals surface area contributed by atoms with E-state index in [0.717, 1.165) is 16.8 Å². The van der Waals surface area contributed by atoms with Crippen LogP contribution in [-0.2, 0) is 10.2 Å². The molecule has 1 fully saturated rings. The number of halogens is 1. The molecule has 2 aromatic carbocycles. The molecule has 0 bridgehead atoms. The molecule has 0 saturated carbocycles. The maximum Gasteiger partial charge on any atom is 0.127 e. The summed E-state index contributed by atoms with van der Waals surface area (Å²) in [4.78, 5) is 0. The van der Waals surface area contributed by atoms with Gasteiger partial charge in [0.1, 0.15) is 5.82 Å². The molecule has 98 valence electrons. The largest absolute Gasteiger partial charge is 0.388 e. The van der Waals surface area contributed by atoms with Crippen LogP contribution >= 0.6 is 0 Å². The van der Waals surface area contributed by atoms with Crippen molar-refractivity contribution in [1.29, 1.82) is 0 Å². The number of ether oxygens (including phenoxy) is 1. The molecule has 0 unspecified atom stereocenters. The van der Waals surface area contributed by atoms with Crippen molar-refractivity contribution in [2.45, 2.75) is 5.41 Å². The molecule has 1 aliphatic heterocycles. The van der Waals surface area contributed by atoms with Crippen LogP contribution in [0, 0.1) is 5.82 Å². The second kappa shape index (κ2) is 4.67. The van der Waals surface area contributed by atoms with Crippen LogP contribution in [0.1, 0.15) is 11.1 Å². The Kier molecular flexibility index (Phi) is 2.99. The second-order valence-corrected chi connectivity index (χ2v) is 4.88. The van der Waals surface area contributed by atoms with Crippen LogP contribution in [0.4, 0.5) is 10.1 Å². The molecule has 1 heterocycles. The van der Waals surface area contributed by atoms with Gasteiger partial charge in [-0.15, -0.1) is 0 Å². The molecule has 1 N–H and O–H groups in total. The standard InChI is InChI=1S/C16H16FNO/c1-18-13-8-6-12(7-9-13)16(10-19-11-16)14-4-2-3-5-15(14)17/h2-9,18H,10-11H2,1H3. The summed E-state index contributed by atoms with van der Waals surface area (Å²) in [7, 11) is 1.88. The highest BCUT2D eigenvalue weighted by molar-refractivity contribution is 5.49. The molecule has 0 amide bonds. The van der Waals surface area contributed by atoms with E-state index in [1.165, 1.54) is 6.07 Å². The summed E-state index contributed by atoms with van der Waals surface area (Å²) in [5.74, 6) is -0.163. The van der Waals surface area contributed by atoms with Crippen molar-refractivity contribution in [3.8, 4) is 0 Å². The van der Waals surface area contributed by atoms with E-state index in [0.29, 0.717) is 13.2 Å². The maximum absolute atomic E-state index is 14.1. The lowest BCUT2D eigenvalue weighted by Crippen LogP contribution is -2.48. The number of hydrogen-bond donors (Lipinski definition) is 1. The smallest absolute Gasteiger partial charge is 0.127 e. The maximum atomic E-state index is 14.1. The third-order valence-corrected chi connectivity index (χ3v) is 3.81. The van der Waals surface area contributed by atoms with Crippen molar-refractivity contribution >= 4 is 5.69 Å². The van der Waals surface area contributed by atoms with Crippen molar-refractivity contribution in [3.05, 3.63) is 65.5 Å². The van der Waals surface area contributed by atoms with Crippen LogP contribution in [-0.4, -0.2) is 20.3 Å². The van der Waals surface area contributed by atoms with Crippen molar-refractivity contribution in [2.24, 2.45) is 0 Å². The van der Waals surface area contributed by atoms with Gasteiger partial charge in [0.2, 0.25) is 0 Å². The molecule has 2 aromatic rings. The Labute approximate surface area is 112 Å². The van der Waals surface area contributed by atoms with E-state index in [2.05, 4.69) is 5.32 Å². The third-order valence-electron chi connectivity index (χ3n) is 3.81. The molecule has 0 aromatic heterocycles. The van der Waals surface area contributed by atoms with Crippen molar-refractivity contribution in [3.63, 3.8) is 0 Å². The monoisotopic (exact) mass is 257 g/mol. The zero-order valence-electron chi connectivity index (χ0n) is 10.8. The van der Waals surface area contributed by atoms with Gasteiger partial charge in [0.15, 0.2) is 0 Å². The fourth-order valence-corrected chi connectivity index (χ4v) is 2.59. The van der Waals surface area contributed by atoms with E-state index in [-0.39, 0.29) is 11.2 Å². The molecule has 2 nitrogen and oxygen atoms in total. The van der Waals surface area contributed by atoms with Crippen LogP contribution in [0.25, 0.3) is 0 Å². The van der Waals surface area contributed by atoms with E-state index in [1.807, 2.05) is 43.4 Å². The lowest BCUT2D eigenvalue weighted by molar-refractivity contribution is -0.0395. The fourth-order valence-electron chi connectivity index (χ4n) is 2.59. The van der Waals surface area contributed by atoms with Crippen LogP contribution < -0.4 is 5.32 Å². The van der Waals surface area contributed by atoms with Gasteiger partial charge < -0.3 is 10.1 Å². The summed E-state index contributed by atoms with van der Waals surface area (Å²) in [5, 5.41) is 3.09. The molecule has 0 aliphatic carbocycles. The normalized spacial score (nSPS) is 16.7. The summed E-state index contributed by atoms with van der Waals surface area (Å²) in [6.07, 6.45) is 0. The van der Waals surface area contributed by atoms with Crippen molar-refractivity contribution in [2.75, 3.05) is 25.6 Å². The predicted molar refractivity (Wildman–Crippen MR) is 74.0 cm³/mol. The first-order valence-electron chi connectivity index (χ1n) is 6.37. The lowest BCUT2D eigenvalue weighted by atomic mass is 9.72. The Bertz CT molecular complexity index is 576. The highest BCUT2D eigenvalue weighted by atomic mass is 19.1. The first-order chi connectivity index (χ1) is 9.26. The van der Waals surface area contributed by atoms with Gasteiger partial charge in [0.25, 0.3) is 0 Å². The summed E-state index contributed by atoms with van der Waals surface area (Å²) < 4.78 is 19.4. The van der Waals surface area contributed by atoms with E-state index in [9.17, 15) is 4.39 Å². The van der Waals surface area contributed by atoms with Gasteiger partial charge >= 0.3 is 0 Å². The summed E-state index contributed by atoms with van der Waals surface area (Å²) in [6, 6.07) is 15.1. The molecule has 1 saturated heterocycles. The Balaban J connectivity index is 2.05. The molecule has 1 aliphatic rings. The van der Waals surface area contributed by atoms with E-state index >= 15 is 0 Å². The van der Waals surface area contributed by atoms with Crippen molar-refractivity contribution in [1.82, 2.24) is 0 Å². The Morgan fingerprint density at radius 2 is 1.74 bits per heavy atom. The molecule has 0 spiro atoms. The molecular formula is C16H16FNO. The molecule has 0 radical (unpaired) electrons. The topological polar surface area (TPSA) is 21.3 Å². The van der Waals surface area contributed by atoms with Gasteiger partial charge in [-0.3, -0.25) is 0 Å². The van der Waals surface area contributed by atoms with Crippen molar-refractivity contribution < 1.29 is 9.13 Å². The van der Waals surface area contributed by atoms with Crippen LogP contribution in [0.3, 0.4) is 0 Å². The van der Waals surface area contributed by atoms with E-state index in [4.69, 9.17) is 4.74 Å². The second-order valence-electron chi connectivity index (χ2n) is 4.88. The predicted octanol–water partition coefficient (Wildman–Crippen LogP) is 3.18. The molecule has 19 heavy (non-hydrogen) atoms. The zero-order chi connectivity index (χ0) is 13.3. The van der Waals surface area contributed by atoms with Crippen LogP contribution in [0.5, 0.6) is 0 Å². The number of anilines is 1. The Hall–Kier alpha value is -1.87. The molecular weight excluding hydrogens is 241 g/mol. The minimum absolute atomic E-state index is 0.163. The molecule has 3 rings (SSSR count). The van der Waals surface area contributed by atoms with E-state index in [1.54, 1.807) is 6.07 Å². The van der Waals surface area contributed by atoms with Gasteiger partial charge in [-0.25, -0.2) is 4.39 Å². The van der Waals surface area contributed by atoms with Gasteiger partial charge in [-0.1, -0.05) is 30.3 Å². The van der Waals surface area contributed by atoms with E-state index < -0.39 is 0 Å². The first kappa shape index (κ1) is 12.2. The van der Waals surface area contributed by atoms with Crippen LogP contribution in [0.2, 0.25) is 0 Å².